The molecule has 21 heavy (non-hydrogen) atoms. The molecule has 1 aliphatic carbocycles. The Kier molecular flexibility index (Phi) is 5.04. The average molecular weight is 340 g/mol. The van der Waals surface area contributed by atoms with Gasteiger partial charge in [0.05, 0.1) is 16.5 Å². The quantitative estimate of drug-likeness (QED) is 0.820. The van der Waals surface area contributed by atoms with Crippen molar-refractivity contribution in [3.05, 3.63) is 33.8 Å². The number of rotatable bonds is 2. The smallest absolute Gasteiger partial charge is 0.349 e. The van der Waals surface area contributed by atoms with Gasteiger partial charge in [0.2, 0.25) is 0 Å². The fourth-order valence-corrected chi connectivity index (χ4v) is 2.99. The molecule has 0 aromatic heterocycles. The highest BCUT2D eigenvalue weighted by Gasteiger charge is 2.46. The van der Waals surface area contributed by atoms with Gasteiger partial charge in [-0.3, -0.25) is 4.79 Å². The maximum atomic E-state index is 13.0. The van der Waals surface area contributed by atoms with Gasteiger partial charge in [-0.1, -0.05) is 36.0 Å². The van der Waals surface area contributed by atoms with Gasteiger partial charge in [-0.2, -0.15) is 13.2 Å². The number of hydrogen-bond donors (Lipinski definition) is 1. The van der Waals surface area contributed by atoms with Gasteiger partial charge < -0.3 is 5.32 Å². The molecule has 1 aliphatic rings. The fraction of sp³-hybridized carbons (Fsp3) is 0.500. The standard InChI is InChI=1S/C14H14Cl2F3NO/c15-8-5-6-11(16)9(7-8)13(21)20-12-4-2-1-3-10(12)14(17,18)19/h5-7,10,12H,1-4H2,(H,20,21)/t10-,12+/m1/s1. The maximum Gasteiger partial charge on any atom is 0.393 e. The van der Waals surface area contributed by atoms with Crippen LogP contribution in [0, 0.1) is 5.92 Å². The second-order valence-corrected chi connectivity index (χ2v) is 5.98. The van der Waals surface area contributed by atoms with Gasteiger partial charge in [-0.05, 0) is 31.0 Å². The Labute approximate surface area is 130 Å². The second-order valence-electron chi connectivity index (χ2n) is 5.14. The summed E-state index contributed by atoms with van der Waals surface area (Å²) in [4.78, 5) is 12.1. The molecule has 1 aromatic rings. The molecule has 2 nitrogen and oxygen atoms in total. The Morgan fingerprint density at radius 2 is 1.86 bits per heavy atom. The highest BCUT2D eigenvalue weighted by molar-refractivity contribution is 6.35. The van der Waals surface area contributed by atoms with Crippen LogP contribution in [0.3, 0.4) is 0 Å². The van der Waals surface area contributed by atoms with Gasteiger partial charge >= 0.3 is 6.18 Å². The number of carbonyl (C=O) groups excluding carboxylic acids is 1. The Balaban J connectivity index is 2.15. The van der Waals surface area contributed by atoms with Gasteiger partial charge in [0.1, 0.15) is 0 Å². The van der Waals surface area contributed by atoms with E-state index in [0.717, 1.165) is 0 Å². The van der Waals surface area contributed by atoms with E-state index in [4.69, 9.17) is 23.2 Å². The maximum absolute atomic E-state index is 13.0. The number of nitrogens with one attached hydrogen (secondary N) is 1. The van der Waals surface area contributed by atoms with Gasteiger partial charge in [0.25, 0.3) is 5.91 Å². The first kappa shape index (κ1) is 16.4. The zero-order chi connectivity index (χ0) is 15.6. The molecule has 7 heteroatoms. The van der Waals surface area contributed by atoms with Crippen LogP contribution in [0.2, 0.25) is 10.0 Å². The minimum absolute atomic E-state index is 0.0394. The summed E-state index contributed by atoms with van der Waals surface area (Å²) in [7, 11) is 0. The minimum Gasteiger partial charge on any atom is -0.349 e. The minimum atomic E-state index is -4.31. The number of hydrogen-bond acceptors (Lipinski definition) is 1. The molecule has 116 valence electrons. The van der Waals surface area contributed by atoms with E-state index in [1.807, 2.05) is 0 Å². The predicted molar refractivity (Wildman–Crippen MR) is 75.7 cm³/mol. The molecule has 0 spiro atoms. The van der Waals surface area contributed by atoms with Crippen molar-refractivity contribution in [2.24, 2.45) is 5.92 Å². The lowest BCUT2D eigenvalue weighted by Gasteiger charge is -2.33. The Bertz CT molecular complexity index is 533. The van der Waals surface area contributed by atoms with Gasteiger partial charge in [0, 0.05) is 11.1 Å². The van der Waals surface area contributed by atoms with Gasteiger partial charge in [-0.15, -0.1) is 0 Å². The normalized spacial score (nSPS) is 22.9. The number of carbonyl (C=O) groups is 1. The van der Waals surface area contributed by atoms with Crippen LogP contribution < -0.4 is 5.32 Å². The summed E-state index contributed by atoms with van der Waals surface area (Å²) in [5, 5.41) is 2.93. The monoisotopic (exact) mass is 339 g/mol. The molecule has 2 atom stereocenters. The molecule has 0 saturated heterocycles. The van der Waals surface area contributed by atoms with E-state index in [9.17, 15) is 18.0 Å². The summed E-state index contributed by atoms with van der Waals surface area (Å²) >= 11 is 11.7. The fourth-order valence-electron chi connectivity index (χ4n) is 2.61. The van der Waals surface area contributed by atoms with Crippen molar-refractivity contribution in [2.45, 2.75) is 37.9 Å². The summed E-state index contributed by atoms with van der Waals surface area (Å²) < 4.78 is 39.0. The summed E-state index contributed by atoms with van der Waals surface area (Å²) in [6, 6.07) is 3.40. The number of halogens is 5. The zero-order valence-electron chi connectivity index (χ0n) is 11.0. The lowest BCUT2D eigenvalue weighted by molar-refractivity contribution is -0.187. The SMILES string of the molecule is O=C(N[C@H]1CCCC[C@H]1C(F)(F)F)c1cc(Cl)ccc1Cl. The molecule has 0 bridgehead atoms. The summed E-state index contributed by atoms with van der Waals surface area (Å²) in [5.41, 5.74) is 0.0932. The van der Waals surface area contributed by atoms with Crippen molar-refractivity contribution in [1.29, 1.82) is 0 Å². The lowest BCUT2D eigenvalue weighted by atomic mass is 9.84. The molecule has 2 rings (SSSR count). The number of amides is 1. The summed E-state index contributed by atoms with van der Waals surface area (Å²) in [5.74, 6) is -2.13. The molecule has 1 aromatic carbocycles. The van der Waals surface area contributed by atoms with Crippen LogP contribution in [0.1, 0.15) is 36.0 Å². The van der Waals surface area contributed by atoms with E-state index >= 15 is 0 Å². The lowest BCUT2D eigenvalue weighted by Crippen LogP contribution is -2.47. The van der Waals surface area contributed by atoms with Crippen LogP contribution in [-0.4, -0.2) is 18.1 Å². The van der Waals surface area contributed by atoms with Crippen molar-refractivity contribution in [1.82, 2.24) is 5.32 Å². The highest BCUT2D eigenvalue weighted by Crippen LogP contribution is 2.38. The van der Waals surface area contributed by atoms with Crippen LogP contribution in [0.5, 0.6) is 0 Å². The molecule has 1 fully saturated rings. The van der Waals surface area contributed by atoms with Crippen molar-refractivity contribution in [2.75, 3.05) is 0 Å². The molecule has 1 saturated carbocycles. The van der Waals surface area contributed by atoms with Gasteiger partial charge in [-0.25, -0.2) is 0 Å². The summed E-state index contributed by atoms with van der Waals surface area (Å²) in [6.07, 6.45) is -2.77. The highest BCUT2D eigenvalue weighted by atomic mass is 35.5. The third-order valence-corrected chi connectivity index (χ3v) is 4.24. The van der Waals surface area contributed by atoms with Crippen LogP contribution in [0.25, 0.3) is 0 Å². The third kappa shape index (κ3) is 4.04. The molecular formula is C14H14Cl2F3NO. The number of alkyl halides is 3. The Morgan fingerprint density at radius 3 is 2.52 bits per heavy atom. The van der Waals surface area contributed by atoms with Crippen molar-refractivity contribution in [3.63, 3.8) is 0 Å². The van der Waals surface area contributed by atoms with Crippen molar-refractivity contribution < 1.29 is 18.0 Å². The van der Waals surface area contributed by atoms with E-state index in [1.165, 1.54) is 18.2 Å². The van der Waals surface area contributed by atoms with E-state index in [1.54, 1.807) is 0 Å². The molecule has 0 radical (unpaired) electrons. The first-order chi connectivity index (χ1) is 9.79. The predicted octanol–water partition coefficient (Wildman–Crippen LogP) is 4.84. The van der Waals surface area contributed by atoms with Gasteiger partial charge in [0.15, 0.2) is 0 Å². The largest absolute Gasteiger partial charge is 0.393 e. The molecule has 0 heterocycles. The van der Waals surface area contributed by atoms with Crippen LogP contribution in [0.15, 0.2) is 18.2 Å². The van der Waals surface area contributed by atoms with E-state index in [-0.39, 0.29) is 17.0 Å². The van der Waals surface area contributed by atoms with E-state index < -0.39 is 24.0 Å². The molecule has 1 N–H and O–H groups in total. The average Bonchev–Trinajstić information content (AvgIpc) is 2.41. The van der Waals surface area contributed by atoms with E-state index in [2.05, 4.69) is 5.32 Å². The molecule has 0 aliphatic heterocycles. The molecular weight excluding hydrogens is 326 g/mol. The summed E-state index contributed by atoms with van der Waals surface area (Å²) in [6.45, 7) is 0. The van der Waals surface area contributed by atoms with Crippen LogP contribution in [0.4, 0.5) is 13.2 Å². The zero-order valence-corrected chi connectivity index (χ0v) is 12.5. The third-order valence-electron chi connectivity index (χ3n) is 3.68. The Hall–Kier alpha value is -0.940. The first-order valence-corrected chi connectivity index (χ1v) is 7.37. The number of benzene rings is 1. The van der Waals surface area contributed by atoms with Crippen LogP contribution in [-0.2, 0) is 0 Å². The van der Waals surface area contributed by atoms with Crippen molar-refractivity contribution >= 4 is 29.1 Å². The van der Waals surface area contributed by atoms with E-state index in [0.29, 0.717) is 24.3 Å². The Morgan fingerprint density at radius 1 is 1.19 bits per heavy atom. The topological polar surface area (TPSA) is 29.1 Å². The molecule has 0 unspecified atom stereocenters. The van der Waals surface area contributed by atoms with Crippen molar-refractivity contribution in [3.8, 4) is 0 Å². The van der Waals surface area contributed by atoms with Crippen LogP contribution >= 0.6 is 23.2 Å². The second kappa shape index (κ2) is 6.44. The first-order valence-electron chi connectivity index (χ1n) is 6.61. The molecule has 1 amide bonds.